The number of fused-ring (bicyclic) bond motifs is 1. The molecule has 0 fully saturated rings. The maximum atomic E-state index is 6.34. The van der Waals surface area contributed by atoms with E-state index in [9.17, 15) is 0 Å². The van der Waals surface area contributed by atoms with Crippen molar-refractivity contribution >= 4 is 56.4 Å². The van der Waals surface area contributed by atoms with Crippen molar-refractivity contribution in [2.75, 3.05) is 11.1 Å². The summed E-state index contributed by atoms with van der Waals surface area (Å²) in [4.78, 5) is 11.0. The molecule has 0 spiro atoms. The molecule has 0 aliphatic rings. The van der Waals surface area contributed by atoms with Crippen LogP contribution in [0.25, 0.3) is 21.5 Å². The molecule has 0 saturated carbocycles. The molecule has 0 saturated heterocycles. The average Bonchev–Trinajstić information content (AvgIpc) is 3.04. The second-order valence-corrected chi connectivity index (χ2v) is 8.09. The van der Waals surface area contributed by atoms with Crippen LogP contribution >= 0.6 is 34.5 Å². The molecule has 2 heterocycles. The minimum Gasteiger partial charge on any atom is -0.397 e. The summed E-state index contributed by atoms with van der Waals surface area (Å²) in [6.07, 6.45) is 0. The van der Waals surface area contributed by atoms with Gasteiger partial charge in [-0.25, -0.2) is 9.97 Å². The lowest BCUT2D eigenvalue weighted by Gasteiger charge is -2.10. The summed E-state index contributed by atoms with van der Waals surface area (Å²) in [7, 11) is 0. The van der Waals surface area contributed by atoms with Crippen molar-refractivity contribution in [1.82, 2.24) is 9.97 Å². The quantitative estimate of drug-likeness (QED) is 0.399. The smallest absolute Gasteiger partial charge is 0.224 e. The zero-order valence-corrected chi connectivity index (χ0v) is 17.1. The monoisotopic (exact) mass is 429 g/mol. The number of aromatic nitrogens is 2. The fourth-order valence-electron chi connectivity index (χ4n) is 2.93. The fourth-order valence-corrected chi connectivity index (χ4v) is 4.20. The molecule has 0 atom stereocenters. The Morgan fingerprint density at radius 1 is 1.00 bits per heavy atom. The molecule has 0 amide bonds. The molecule has 28 heavy (non-hydrogen) atoms. The highest BCUT2D eigenvalue weighted by Crippen LogP contribution is 2.40. The normalized spacial score (nSPS) is 11.1. The Bertz CT molecular complexity index is 1140. The van der Waals surface area contributed by atoms with Crippen molar-refractivity contribution in [3.63, 3.8) is 0 Å². The maximum Gasteiger partial charge on any atom is 0.224 e. The first-order valence-electron chi connectivity index (χ1n) is 8.59. The number of hydrogen-bond donors (Lipinski definition) is 3. The van der Waals surface area contributed by atoms with Gasteiger partial charge in [0, 0.05) is 23.5 Å². The van der Waals surface area contributed by atoms with Gasteiger partial charge >= 0.3 is 0 Å². The molecule has 5 N–H and O–H groups in total. The fraction of sp³-hybridized carbons (Fsp3) is 0.100. The van der Waals surface area contributed by atoms with Gasteiger partial charge in [0.1, 0.15) is 4.83 Å². The van der Waals surface area contributed by atoms with E-state index in [4.69, 9.17) is 39.7 Å². The molecule has 2 aromatic carbocycles. The van der Waals surface area contributed by atoms with Gasteiger partial charge in [-0.2, -0.15) is 0 Å². The summed E-state index contributed by atoms with van der Waals surface area (Å²) in [5.74, 6) is 0.516. The second kappa shape index (κ2) is 7.93. The summed E-state index contributed by atoms with van der Waals surface area (Å²) in [5, 5.41) is 5.02. The van der Waals surface area contributed by atoms with Crippen molar-refractivity contribution < 1.29 is 0 Å². The highest BCUT2D eigenvalue weighted by Gasteiger charge is 2.18. The number of nitrogen functional groups attached to an aromatic ring is 1. The van der Waals surface area contributed by atoms with E-state index in [1.165, 1.54) is 11.3 Å². The number of halogens is 2. The van der Waals surface area contributed by atoms with Gasteiger partial charge in [0.15, 0.2) is 0 Å². The largest absolute Gasteiger partial charge is 0.397 e. The van der Waals surface area contributed by atoms with Crippen LogP contribution in [0, 0.1) is 0 Å². The molecule has 4 rings (SSSR count). The van der Waals surface area contributed by atoms with E-state index >= 15 is 0 Å². The Labute approximate surface area is 176 Å². The Balaban J connectivity index is 1.82. The Kier molecular flexibility index (Phi) is 5.37. The van der Waals surface area contributed by atoms with Gasteiger partial charge in [0.05, 0.1) is 26.8 Å². The Hall–Kier alpha value is -2.38. The summed E-state index contributed by atoms with van der Waals surface area (Å²) < 4.78 is 0. The highest BCUT2D eigenvalue weighted by atomic mass is 35.5. The van der Waals surface area contributed by atoms with Crippen LogP contribution < -0.4 is 16.8 Å². The van der Waals surface area contributed by atoms with Crippen molar-refractivity contribution in [2.24, 2.45) is 5.73 Å². The third-order valence-corrected chi connectivity index (χ3v) is 6.20. The van der Waals surface area contributed by atoms with Crippen LogP contribution in [0.3, 0.4) is 0 Å². The molecule has 0 radical (unpaired) electrons. The number of nitrogens with one attached hydrogen (secondary N) is 1. The summed E-state index contributed by atoms with van der Waals surface area (Å²) in [6, 6.07) is 15.5. The predicted molar refractivity (Wildman–Crippen MR) is 119 cm³/mol. The van der Waals surface area contributed by atoms with Crippen molar-refractivity contribution in [1.29, 1.82) is 0 Å². The topological polar surface area (TPSA) is 89.8 Å². The van der Waals surface area contributed by atoms with Crippen LogP contribution in [0.4, 0.5) is 11.6 Å². The van der Waals surface area contributed by atoms with Crippen LogP contribution in [-0.4, -0.2) is 9.97 Å². The predicted octanol–water partition coefficient (Wildman–Crippen LogP) is 5.32. The van der Waals surface area contributed by atoms with Gasteiger partial charge in [-0.05, 0) is 17.7 Å². The number of hydrogen-bond acceptors (Lipinski definition) is 6. The first-order valence-corrected chi connectivity index (χ1v) is 10.2. The van der Waals surface area contributed by atoms with E-state index in [0.717, 1.165) is 26.2 Å². The minimum atomic E-state index is 0.348. The molecular formula is C20H17Cl2N5S. The average molecular weight is 430 g/mol. The number of nitrogens with zero attached hydrogens (tertiary/aromatic N) is 2. The van der Waals surface area contributed by atoms with Crippen LogP contribution in [0.1, 0.15) is 10.4 Å². The number of thiophene rings is 1. The van der Waals surface area contributed by atoms with Crippen molar-refractivity contribution in [3.05, 3.63) is 69.0 Å². The second-order valence-electron chi connectivity index (χ2n) is 6.19. The van der Waals surface area contributed by atoms with E-state index < -0.39 is 0 Å². The zero-order valence-electron chi connectivity index (χ0n) is 14.7. The number of benzene rings is 2. The van der Waals surface area contributed by atoms with Crippen LogP contribution in [-0.2, 0) is 13.1 Å². The van der Waals surface area contributed by atoms with E-state index in [2.05, 4.69) is 10.3 Å². The lowest BCUT2D eigenvalue weighted by Crippen LogP contribution is -2.04. The zero-order chi connectivity index (χ0) is 19.7. The van der Waals surface area contributed by atoms with E-state index in [1.54, 1.807) is 12.1 Å². The van der Waals surface area contributed by atoms with Gasteiger partial charge in [-0.1, -0.05) is 59.6 Å². The number of rotatable bonds is 5. The van der Waals surface area contributed by atoms with E-state index in [0.29, 0.717) is 40.5 Å². The van der Waals surface area contributed by atoms with Gasteiger partial charge in [-0.3, -0.25) is 0 Å². The summed E-state index contributed by atoms with van der Waals surface area (Å²) in [5.41, 5.74) is 15.5. The maximum absolute atomic E-state index is 6.34. The third kappa shape index (κ3) is 3.64. The standard InChI is InChI=1S/C20H17Cl2N5S/c21-13-7-6-12(8-14(13)22)18-16-17(24)15(9-23)28-19(16)27-20(26-18)25-10-11-4-2-1-3-5-11/h1-8H,9-10,23-24H2,(H,25,26,27). The van der Waals surface area contributed by atoms with E-state index in [-0.39, 0.29) is 0 Å². The van der Waals surface area contributed by atoms with Gasteiger partial charge < -0.3 is 16.8 Å². The summed E-state index contributed by atoms with van der Waals surface area (Å²) >= 11 is 13.8. The van der Waals surface area contributed by atoms with Crippen LogP contribution in [0.15, 0.2) is 48.5 Å². The molecule has 0 aliphatic carbocycles. The number of nitrogens with two attached hydrogens (primary N) is 2. The third-order valence-electron chi connectivity index (χ3n) is 4.34. The highest BCUT2D eigenvalue weighted by molar-refractivity contribution is 7.19. The Morgan fingerprint density at radius 3 is 2.50 bits per heavy atom. The van der Waals surface area contributed by atoms with Crippen LogP contribution in [0.2, 0.25) is 10.0 Å². The van der Waals surface area contributed by atoms with Crippen molar-refractivity contribution in [2.45, 2.75) is 13.1 Å². The molecular weight excluding hydrogens is 413 g/mol. The molecule has 0 bridgehead atoms. The first-order chi connectivity index (χ1) is 13.6. The molecule has 8 heteroatoms. The minimum absolute atomic E-state index is 0.348. The molecule has 0 aliphatic heterocycles. The molecule has 5 nitrogen and oxygen atoms in total. The first kappa shape index (κ1) is 19.0. The number of anilines is 2. The van der Waals surface area contributed by atoms with Crippen molar-refractivity contribution in [3.8, 4) is 11.3 Å². The Morgan fingerprint density at radius 2 is 1.79 bits per heavy atom. The molecule has 4 aromatic rings. The SMILES string of the molecule is NCc1sc2nc(NCc3ccccc3)nc(-c3ccc(Cl)c(Cl)c3)c2c1N. The van der Waals surface area contributed by atoms with Gasteiger partial charge in [0.25, 0.3) is 0 Å². The van der Waals surface area contributed by atoms with Crippen LogP contribution in [0.5, 0.6) is 0 Å². The van der Waals surface area contributed by atoms with Gasteiger partial charge in [-0.15, -0.1) is 11.3 Å². The van der Waals surface area contributed by atoms with Gasteiger partial charge in [0.2, 0.25) is 5.95 Å². The lowest BCUT2D eigenvalue weighted by molar-refractivity contribution is 1.08. The summed E-state index contributed by atoms with van der Waals surface area (Å²) in [6.45, 7) is 0.957. The molecule has 0 unspecified atom stereocenters. The molecule has 142 valence electrons. The van der Waals surface area contributed by atoms with E-state index in [1.807, 2.05) is 36.4 Å². The lowest BCUT2D eigenvalue weighted by atomic mass is 10.1. The molecule has 2 aromatic heterocycles.